The maximum atomic E-state index is 12.5. The second-order valence-electron chi connectivity index (χ2n) is 4.38. The minimum Gasteiger partial charge on any atom is -0.351 e. The molecular weight excluding hydrogens is 306 g/mol. The van der Waals surface area contributed by atoms with Crippen LogP contribution < -0.4 is 16.2 Å². The van der Waals surface area contributed by atoms with E-state index in [1.165, 1.54) is 17.0 Å². The van der Waals surface area contributed by atoms with Crippen molar-refractivity contribution in [1.82, 2.24) is 19.9 Å². The molecule has 0 aliphatic rings. The second kappa shape index (κ2) is 7.04. The number of pyridine rings is 1. The maximum absolute atomic E-state index is 12.5. The van der Waals surface area contributed by atoms with Crippen LogP contribution >= 0.6 is 11.6 Å². The number of carbonyl (C=O) groups excluding carboxylic acids is 1. The van der Waals surface area contributed by atoms with Crippen molar-refractivity contribution >= 4 is 29.0 Å². The van der Waals surface area contributed by atoms with Gasteiger partial charge in [-0.25, -0.2) is 9.97 Å². The molecule has 7 nitrogen and oxygen atoms in total. The fourth-order valence-electron chi connectivity index (χ4n) is 2.00. The quantitative estimate of drug-likeness (QED) is 0.876. The van der Waals surface area contributed by atoms with Gasteiger partial charge in [-0.15, -0.1) is 0 Å². The van der Waals surface area contributed by atoms with Gasteiger partial charge in [-0.3, -0.25) is 9.59 Å². The number of nitrogens with zero attached hydrogens (tertiary/aromatic N) is 3. The number of anilines is 2. The molecule has 0 bridgehead atoms. The predicted octanol–water partition coefficient (Wildman–Crippen LogP) is 1.80. The van der Waals surface area contributed by atoms with Gasteiger partial charge in [0.15, 0.2) is 0 Å². The van der Waals surface area contributed by atoms with E-state index < -0.39 is 0 Å². The molecule has 2 aromatic heterocycles. The van der Waals surface area contributed by atoms with Crippen LogP contribution in [-0.4, -0.2) is 27.0 Å². The van der Waals surface area contributed by atoms with Gasteiger partial charge in [-0.1, -0.05) is 11.6 Å². The monoisotopic (exact) mass is 321 g/mol. The molecule has 0 unspecified atom stereocenters. The van der Waals surface area contributed by atoms with E-state index in [1.807, 2.05) is 0 Å². The third kappa shape index (κ3) is 3.25. The molecular formula is C14H16ClN5O2. The fourth-order valence-corrected chi connectivity index (χ4v) is 2.30. The van der Waals surface area contributed by atoms with Crippen LogP contribution in [0.1, 0.15) is 24.3 Å². The Labute approximate surface area is 132 Å². The van der Waals surface area contributed by atoms with Gasteiger partial charge in [-0.2, -0.15) is 0 Å². The first-order valence-electron chi connectivity index (χ1n) is 6.83. The van der Waals surface area contributed by atoms with Crippen LogP contribution in [0.3, 0.4) is 0 Å². The summed E-state index contributed by atoms with van der Waals surface area (Å²) in [6.45, 7) is 4.35. The van der Waals surface area contributed by atoms with E-state index in [0.29, 0.717) is 18.9 Å². The molecule has 0 aromatic carbocycles. The van der Waals surface area contributed by atoms with E-state index in [4.69, 9.17) is 11.6 Å². The third-order valence-electron chi connectivity index (χ3n) is 2.96. The molecule has 0 aliphatic carbocycles. The normalized spacial score (nSPS) is 10.3. The fraction of sp³-hybridized carbons (Fsp3) is 0.286. The van der Waals surface area contributed by atoms with E-state index in [-0.39, 0.29) is 27.9 Å². The van der Waals surface area contributed by atoms with E-state index in [9.17, 15) is 9.59 Å². The zero-order valence-electron chi connectivity index (χ0n) is 12.3. The number of amides is 1. The van der Waals surface area contributed by atoms with Gasteiger partial charge >= 0.3 is 0 Å². The van der Waals surface area contributed by atoms with Gasteiger partial charge in [-0.05, 0) is 26.0 Å². The highest BCUT2D eigenvalue weighted by Gasteiger charge is 2.18. The lowest BCUT2D eigenvalue weighted by atomic mass is 10.2. The van der Waals surface area contributed by atoms with Crippen molar-refractivity contribution in [3.8, 4) is 0 Å². The number of halogens is 1. The number of rotatable bonds is 5. The molecule has 2 N–H and O–H groups in total. The number of hydrogen-bond donors (Lipinski definition) is 2. The standard InChI is InChI=1S/C14H16ClN5O2/c1-3-17-13(21)12-9(15)7-10(14(22)20(12)4-2)19-11-5-6-16-8-18-11/h5-8H,3-4H2,1-2H3,(H,17,21)(H,16,18,19). The molecule has 0 aliphatic heterocycles. The highest BCUT2D eigenvalue weighted by atomic mass is 35.5. The summed E-state index contributed by atoms with van der Waals surface area (Å²) < 4.78 is 1.33. The van der Waals surface area contributed by atoms with Crippen LogP contribution in [0.5, 0.6) is 0 Å². The summed E-state index contributed by atoms with van der Waals surface area (Å²) in [6.07, 6.45) is 2.92. The zero-order chi connectivity index (χ0) is 16.1. The number of hydrogen-bond acceptors (Lipinski definition) is 5. The Morgan fingerprint density at radius 1 is 1.41 bits per heavy atom. The molecule has 2 rings (SSSR count). The number of nitrogens with one attached hydrogen (secondary N) is 2. The van der Waals surface area contributed by atoms with Crippen molar-refractivity contribution in [3.05, 3.63) is 45.7 Å². The summed E-state index contributed by atoms with van der Waals surface area (Å²) >= 11 is 6.19. The van der Waals surface area contributed by atoms with E-state index in [1.54, 1.807) is 26.1 Å². The SMILES string of the molecule is CCNC(=O)c1c(Cl)cc(Nc2ccncn2)c(=O)n1CC. The van der Waals surface area contributed by atoms with E-state index in [2.05, 4.69) is 20.6 Å². The topological polar surface area (TPSA) is 88.9 Å². The average Bonchev–Trinajstić information content (AvgIpc) is 2.51. The maximum Gasteiger partial charge on any atom is 0.274 e. The van der Waals surface area contributed by atoms with Crippen molar-refractivity contribution in [3.63, 3.8) is 0 Å². The minimum absolute atomic E-state index is 0.157. The lowest BCUT2D eigenvalue weighted by molar-refractivity contribution is 0.0945. The van der Waals surface area contributed by atoms with Gasteiger partial charge in [0.25, 0.3) is 11.5 Å². The van der Waals surface area contributed by atoms with Crippen molar-refractivity contribution < 1.29 is 4.79 Å². The minimum atomic E-state index is -0.375. The lowest BCUT2D eigenvalue weighted by Gasteiger charge is -2.15. The van der Waals surface area contributed by atoms with Gasteiger partial charge in [0.1, 0.15) is 23.5 Å². The van der Waals surface area contributed by atoms with Crippen LogP contribution in [0.15, 0.2) is 29.5 Å². The summed E-state index contributed by atoms with van der Waals surface area (Å²) in [7, 11) is 0. The van der Waals surface area contributed by atoms with Crippen LogP contribution in [0.4, 0.5) is 11.5 Å². The van der Waals surface area contributed by atoms with Gasteiger partial charge in [0.05, 0.1) is 5.02 Å². The Bertz CT molecular complexity index is 730. The van der Waals surface area contributed by atoms with Crippen molar-refractivity contribution in [2.24, 2.45) is 0 Å². The summed E-state index contributed by atoms with van der Waals surface area (Å²) in [4.78, 5) is 32.4. The first kappa shape index (κ1) is 16.0. The molecule has 0 spiro atoms. The number of aromatic nitrogens is 3. The molecule has 2 heterocycles. The summed E-state index contributed by atoms with van der Waals surface area (Å²) in [5.41, 5.74) is 0.0645. The van der Waals surface area contributed by atoms with E-state index >= 15 is 0 Å². The average molecular weight is 322 g/mol. The molecule has 2 aromatic rings. The molecule has 0 saturated carbocycles. The van der Waals surface area contributed by atoms with Crippen LogP contribution in [0.2, 0.25) is 5.02 Å². The Hall–Kier alpha value is -2.41. The Morgan fingerprint density at radius 2 is 2.18 bits per heavy atom. The highest BCUT2D eigenvalue weighted by molar-refractivity contribution is 6.33. The molecule has 0 radical (unpaired) electrons. The smallest absolute Gasteiger partial charge is 0.274 e. The first-order chi connectivity index (χ1) is 10.6. The summed E-state index contributed by atoms with van der Waals surface area (Å²) in [5, 5.41) is 5.73. The van der Waals surface area contributed by atoms with Crippen LogP contribution in [0, 0.1) is 0 Å². The predicted molar refractivity (Wildman–Crippen MR) is 84.7 cm³/mol. The first-order valence-corrected chi connectivity index (χ1v) is 7.20. The highest BCUT2D eigenvalue weighted by Crippen LogP contribution is 2.20. The molecule has 0 fully saturated rings. The zero-order valence-corrected chi connectivity index (χ0v) is 13.0. The molecule has 8 heteroatoms. The Balaban J connectivity index is 2.49. The lowest BCUT2D eigenvalue weighted by Crippen LogP contribution is -2.33. The molecule has 0 atom stereocenters. The van der Waals surface area contributed by atoms with Crippen molar-refractivity contribution in [2.45, 2.75) is 20.4 Å². The third-order valence-corrected chi connectivity index (χ3v) is 3.24. The van der Waals surface area contributed by atoms with Gasteiger partial charge in [0.2, 0.25) is 0 Å². The second-order valence-corrected chi connectivity index (χ2v) is 4.79. The van der Waals surface area contributed by atoms with Crippen molar-refractivity contribution in [2.75, 3.05) is 11.9 Å². The molecule has 116 valence electrons. The van der Waals surface area contributed by atoms with Gasteiger partial charge in [0, 0.05) is 19.3 Å². The largest absolute Gasteiger partial charge is 0.351 e. The van der Waals surface area contributed by atoms with Gasteiger partial charge < -0.3 is 15.2 Å². The summed E-state index contributed by atoms with van der Waals surface area (Å²) in [6, 6.07) is 3.06. The molecule has 22 heavy (non-hydrogen) atoms. The summed E-state index contributed by atoms with van der Waals surface area (Å²) in [5.74, 6) is 0.0941. The number of carbonyl (C=O) groups is 1. The molecule has 1 amide bonds. The van der Waals surface area contributed by atoms with Crippen molar-refractivity contribution in [1.29, 1.82) is 0 Å². The Morgan fingerprint density at radius 3 is 2.77 bits per heavy atom. The molecule has 0 saturated heterocycles. The van der Waals surface area contributed by atoms with Crippen LogP contribution in [0.25, 0.3) is 0 Å². The Kier molecular flexibility index (Phi) is 5.11. The van der Waals surface area contributed by atoms with Crippen LogP contribution in [-0.2, 0) is 6.54 Å². The van der Waals surface area contributed by atoms with E-state index in [0.717, 1.165) is 0 Å².